The first kappa shape index (κ1) is 17.6. The zero-order chi connectivity index (χ0) is 17.1. The standard InChI is InChI=1S/C18H20F4O/c1-3-5-13-6-10-16(11-7-13)23-12-15-9-8-14(4-2)17(19,20)18(15,21)22/h6-11H,3-5,12H2,1-2H3. The van der Waals surface area contributed by atoms with Gasteiger partial charge in [0.15, 0.2) is 0 Å². The summed E-state index contributed by atoms with van der Waals surface area (Å²) >= 11 is 0. The van der Waals surface area contributed by atoms with Crippen molar-refractivity contribution in [1.82, 2.24) is 0 Å². The van der Waals surface area contributed by atoms with E-state index in [1.165, 1.54) is 6.92 Å². The summed E-state index contributed by atoms with van der Waals surface area (Å²) in [5.41, 5.74) is -0.156. The second-order valence-corrected chi connectivity index (χ2v) is 5.57. The molecule has 0 amide bonds. The number of ether oxygens (including phenoxy) is 1. The molecule has 5 heteroatoms. The predicted octanol–water partition coefficient (Wildman–Crippen LogP) is 5.56. The van der Waals surface area contributed by atoms with Gasteiger partial charge in [-0.2, -0.15) is 17.6 Å². The molecule has 1 nitrogen and oxygen atoms in total. The molecule has 23 heavy (non-hydrogen) atoms. The van der Waals surface area contributed by atoms with Crippen molar-refractivity contribution in [2.75, 3.05) is 6.61 Å². The summed E-state index contributed by atoms with van der Waals surface area (Å²) in [6.07, 6.45) is 3.91. The topological polar surface area (TPSA) is 9.23 Å². The SMILES string of the molecule is CCCc1ccc(OCC2=CC=C(CC)C(F)(F)C2(F)F)cc1. The van der Waals surface area contributed by atoms with E-state index >= 15 is 0 Å². The Morgan fingerprint density at radius 2 is 1.43 bits per heavy atom. The van der Waals surface area contributed by atoms with Crippen molar-refractivity contribution in [2.45, 2.75) is 45.0 Å². The Kier molecular flexibility index (Phi) is 5.17. The van der Waals surface area contributed by atoms with Gasteiger partial charge in [-0.05, 0) is 30.5 Å². The van der Waals surface area contributed by atoms with Gasteiger partial charge in [-0.15, -0.1) is 0 Å². The Morgan fingerprint density at radius 3 is 2.00 bits per heavy atom. The molecule has 0 saturated carbocycles. The minimum Gasteiger partial charge on any atom is -0.489 e. The van der Waals surface area contributed by atoms with Gasteiger partial charge in [0.25, 0.3) is 0 Å². The number of hydrogen-bond acceptors (Lipinski definition) is 1. The Labute approximate surface area is 133 Å². The average molecular weight is 328 g/mol. The average Bonchev–Trinajstić information content (AvgIpc) is 2.51. The van der Waals surface area contributed by atoms with Gasteiger partial charge in [-0.3, -0.25) is 0 Å². The molecule has 0 radical (unpaired) electrons. The van der Waals surface area contributed by atoms with Crippen LogP contribution >= 0.6 is 0 Å². The van der Waals surface area contributed by atoms with Crippen molar-refractivity contribution in [3.63, 3.8) is 0 Å². The summed E-state index contributed by atoms with van der Waals surface area (Å²) < 4.78 is 61.0. The molecule has 0 saturated heterocycles. The Morgan fingerprint density at radius 1 is 0.870 bits per heavy atom. The number of allylic oxidation sites excluding steroid dienone is 3. The lowest BCUT2D eigenvalue weighted by molar-refractivity contribution is -0.166. The molecule has 0 spiro atoms. The van der Waals surface area contributed by atoms with Crippen LogP contribution in [0.4, 0.5) is 17.6 Å². The van der Waals surface area contributed by atoms with Crippen molar-refractivity contribution >= 4 is 0 Å². The smallest absolute Gasteiger partial charge is 0.339 e. The number of benzene rings is 1. The van der Waals surface area contributed by atoms with Crippen LogP contribution in [0.25, 0.3) is 0 Å². The third-order valence-electron chi connectivity index (χ3n) is 3.92. The molecule has 1 aliphatic carbocycles. The van der Waals surface area contributed by atoms with E-state index in [-0.39, 0.29) is 6.42 Å². The van der Waals surface area contributed by atoms with E-state index in [2.05, 4.69) is 6.92 Å². The maximum atomic E-state index is 14.0. The molecular formula is C18H20F4O. The molecule has 1 aromatic carbocycles. The lowest BCUT2D eigenvalue weighted by Crippen LogP contribution is -2.46. The molecular weight excluding hydrogens is 308 g/mol. The van der Waals surface area contributed by atoms with Crippen LogP contribution in [0.1, 0.15) is 32.3 Å². The van der Waals surface area contributed by atoms with Crippen molar-refractivity contribution in [3.05, 3.63) is 53.1 Å². The number of aryl methyl sites for hydroxylation is 1. The van der Waals surface area contributed by atoms with Gasteiger partial charge in [-0.25, -0.2) is 0 Å². The zero-order valence-electron chi connectivity index (χ0n) is 13.2. The lowest BCUT2D eigenvalue weighted by Gasteiger charge is -2.32. The highest BCUT2D eigenvalue weighted by molar-refractivity contribution is 5.38. The van der Waals surface area contributed by atoms with Gasteiger partial charge in [0, 0.05) is 11.1 Å². The van der Waals surface area contributed by atoms with Gasteiger partial charge in [0.05, 0.1) is 0 Å². The van der Waals surface area contributed by atoms with Crippen molar-refractivity contribution in [2.24, 2.45) is 0 Å². The summed E-state index contributed by atoms with van der Waals surface area (Å²) in [4.78, 5) is 0. The highest BCUT2D eigenvalue weighted by Crippen LogP contribution is 2.48. The van der Waals surface area contributed by atoms with Crippen LogP contribution in [0, 0.1) is 0 Å². The first-order valence-corrected chi connectivity index (χ1v) is 7.71. The molecule has 0 heterocycles. The molecule has 0 fully saturated rings. The summed E-state index contributed by atoms with van der Waals surface area (Å²) in [6.45, 7) is 2.92. The summed E-state index contributed by atoms with van der Waals surface area (Å²) in [5, 5.41) is 0. The minimum absolute atomic E-state index is 0.119. The Hall–Kier alpha value is -1.78. The monoisotopic (exact) mass is 328 g/mol. The van der Waals surface area contributed by atoms with Crippen LogP contribution in [0.2, 0.25) is 0 Å². The highest BCUT2D eigenvalue weighted by Gasteiger charge is 2.61. The van der Waals surface area contributed by atoms with Gasteiger partial charge in [0.1, 0.15) is 12.4 Å². The first-order valence-electron chi connectivity index (χ1n) is 7.71. The van der Waals surface area contributed by atoms with Crippen LogP contribution in [0.5, 0.6) is 5.75 Å². The van der Waals surface area contributed by atoms with Crippen LogP contribution in [-0.2, 0) is 6.42 Å². The fourth-order valence-corrected chi connectivity index (χ4v) is 2.49. The van der Waals surface area contributed by atoms with E-state index < -0.39 is 29.6 Å². The lowest BCUT2D eigenvalue weighted by atomic mass is 9.89. The van der Waals surface area contributed by atoms with E-state index in [0.717, 1.165) is 30.6 Å². The molecule has 1 aromatic rings. The second kappa shape index (κ2) is 6.77. The predicted molar refractivity (Wildman–Crippen MR) is 82.3 cm³/mol. The van der Waals surface area contributed by atoms with Crippen molar-refractivity contribution < 1.29 is 22.3 Å². The third kappa shape index (κ3) is 3.43. The summed E-state index contributed by atoms with van der Waals surface area (Å²) in [6, 6.07) is 7.02. The van der Waals surface area contributed by atoms with E-state index in [1.54, 1.807) is 12.1 Å². The number of halogens is 4. The van der Waals surface area contributed by atoms with Crippen LogP contribution in [0.3, 0.4) is 0 Å². The second-order valence-electron chi connectivity index (χ2n) is 5.57. The van der Waals surface area contributed by atoms with Crippen molar-refractivity contribution in [3.8, 4) is 5.75 Å². The highest BCUT2D eigenvalue weighted by atomic mass is 19.3. The van der Waals surface area contributed by atoms with E-state index in [0.29, 0.717) is 5.75 Å². The van der Waals surface area contributed by atoms with Crippen LogP contribution in [-0.4, -0.2) is 18.5 Å². The van der Waals surface area contributed by atoms with E-state index in [9.17, 15) is 17.6 Å². The van der Waals surface area contributed by atoms with E-state index in [4.69, 9.17) is 4.74 Å². The first-order chi connectivity index (χ1) is 10.8. The molecule has 1 aliphatic rings. The molecule has 2 rings (SSSR count). The quantitative estimate of drug-likeness (QED) is 0.621. The van der Waals surface area contributed by atoms with Crippen molar-refractivity contribution in [1.29, 1.82) is 0 Å². The maximum Gasteiger partial charge on any atom is 0.339 e. The molecule has 126 valence electrons. The molecule has 0 unspecified atom stereocenters. The van der Waals surface area contributed by atoms with Gasteiger partial charge >= 0.3 is 11.8 Å². The maximum absolute atomic E-state index is 14.0. The Bertz CT molecular complexity index is 600. The van der Waals surface area contributed by atoms with E-state index in [1.807, 2.05) is 12.1 Å². The molecule has 0 N–H and O–H groups in total. The number of alkyl halides is 4. The zero-order valence-corrected chi connectivity index (χ0v) is 13.2. The minimum atomic E-state index is -4.23. The summed E-state index contributed by atoms with van der Waals surface area (Å²) in [5.74, 6) is -8.01. The van der Waals surface area contributed by atoms with Gasteiger partial charge in [0.2, 0.25) is 0 Å². The van der Waals surface area contributed by atoms with Crippen LogP contribution < -0.4 is 4.74 Å². The largest absolute Gasteiger partial charge is 0.489 e. The third-order valence-corrected chi connectivity index (χ3v) is 3.92. The number of hydrogen-bond donors (Lipinski definition) is 0. The molecule has 0 bridgehead atoms. The fourth-order valence-electron chi connectivity index (χ4n) is 2.49. The van der Waals surface area contributed by atoms with Gasteiger partial charge in [-0.1, -0.05) is 44.6 Å². The fraction of sp³-hybridized carbons (Fsp3) is 0.444. The number of rotatable bonds is 6. The molecule has 0 aliphatic heterocycles. The molecule has 0 aromatic heterocycles. The Balaban J connectivity index is 2.10. The normalized spacial score (nSPS) is 19.0. The van der Waals surface area contributed by atoms with Gasteiger partial charge < -0.3 is 4.74 Å². The van der Waals surface area contributed by atoms with Crippen LogP contribution in [0.15, 0.2) is 47.6 Å². The molecule has 0 atom stereocenters. The summed E-state index contributed by atoms with van der Waals surface area (Å²) in [7, 11) is 0.